The Bertz CT molecular complexity index is 1420. The molecule has 0 spiro atoms. The van der Waals surface area contributed by atoms with Gasteiger partial charge in [0.15, 0.2) is 5.11 Å². The number of nitrogens with zero attached hydrogens (tertiary/aromatic N) is 4. The topological polar surface area (TPSA) is 36.3 Å². The van der Waals surface area contributed by atoms with Crippen LogP contribution in [0, 0.1) is 27.7 Å². The maximum absolute atomic E-state index is 5.98. The molecule has 5 rings (SSSR count). The van der Waals surface area contributed by atoms with Crippen molar-refractivity contribution >= 4 is 28.7 Å². The lowest BCUT2D eigenvalue weighted by Crippen LogP contribution is -2.29. The Morgan fingerprint density at radius 1 is 0.868 bits per heavy atom. The van der Waals surface area contributed by atoms with E-state index in [1.54, 1.807) is 0 Å². The van der Waals surface area contributed by atoms with Crippen LogP contribution in [0.25, 0.3) is 5.69 Å². The number of benzene rings is 2. The van der Waals surface area contributed by atoms with E-state index in [4.69, 9.17) is 17.2 Å². The second-order valence-electron chi connectivity index (χ2n) is 10.2. The van der Waals surface area contributed by atoms with E-state index in [0.717, 1.165) is 29.6 Å². The molecule has 196 valence electrons. The predicted molar refractivity (Wildman–Crippen MR) is 163 cm³/mol. The largest absolute Gasteiger partial charge is 0.372 e. The first-order valence-corrected chi connectivity index (χ1v) is 13.9. The van der Waals surface area contributed by atoms with Gasteiger partial charge >= 0.3 is 0 Å². The van der Waals surface area contributed by atoms with E-state index in [0.29, 0.717) is 0 Å². The van der Waals surface area contributed by atoms with Gasteiger partial charge in [0.1, 0.15) is 0 Å². The number of thiocarbonyl (C=S) groups is 1. The molecule has 2 aromatic carbocycles. The molecule has 0 bridgehead atoms. The van der Waals surface area contributed by atoms with Gasteiger partial charge in [0, 0.05) is 47.7 Å². The Morgan fingerprint density at radius 3 is 2.16 bits per heavy atom. The van der Waals surface area contributed by atoms with Gasteiger partial charge in [-0.2, -0.15) is 0 Å². The molecule has 1 N–H and O–H groups in total. The number of rotatable bonds is 7. The summed E-state index contributed by atoms with van der Waals surface area (Å²) < 4.78 is 2.36. The van der Waals surface area contributed by atoms with Crippen LogP contribution in [0.15, 0.2) is 72.9 Å². The van der Waals surface area contributed by atoms with Crippen LogP contribution in [-0.2, 0) is 0 Å². The Morgan fingerprint density at radius 2 is 1.55 bits per heavy atom. The van der Waals surface area contributed by atoms with Crippen molar-refractivity contribution in [2.24, 2.45) is 0 Å². The van der Waals surface area contributed by atoms with Gasteiger partial charge in [-0.05, 0) is 125 Å². The molecule has 1 fully saturated rings. The third-order valence-corrected chi connectivity index (χ3v) is 7.92. The minimum atomic E-state index is -0.0662. The van der Waals surface area contributed by atoms with Crippen molar-refractivity contribution in [3.05, 3.63) is 107 Å². The lowest BCUT2D eigenvalue weighted by atomic mass is 9.96. The lowest BCUT2D eigenvalue weighted by Gasteiger charge is -2.29. The zero-order chi connectivity index (χ0) is 27.0. The Labute approximate surface area is 232 Å². The molecule has 3 heterocycles. The molecule has 0 unspecified atom stereocenters. The van der Waals surface area contributed by atoms with Crippen molar-refractivity contribution in [2.45, 2.75) is 53.6 Å². The minimum absolute atomic E-state index is 0.0338. The van der Waals surface area contributed by atoms with Gasteiger partial charge in [-0.15, -0.1) is 0 Å². The molecule has 5 nitrogen and oxygen atoms in total. The zero-order valence-corrected chi connectivity index (χ0v) is 24.0. The summed E-state index contributed by atoms with van der Waals surface area (Å²) in [6.07, 6.45) is 1.86. The number of aromatic nitrogens is 2. The van der Waals surface area contributed by atoms with E-state index < -0.39 is 0 Å². The summed E-state index contributed by atoms with van der Waals surface area (Å²) in [4.78, 5) is 9.39. The van der Waals surface area contributed by atoms with Crippen molar-refractivity contribution in [3.63, 3.8) is 0 Å². The summed E-state index contributed by atoms with van der Waals surface area (Å²) >= 11 is 5.98. The average Bonchev–Trinajstić information content (AvgIpc) is 3.40. The standard InChI is InChI=1S/C32H37N5S/c1-7-35(8-2)25-12-14-26(15-13-25)36-23(5)20-28(24(36)6)31-30(29-11-9-10-16-33-29)34-32(38)37(31)27-18-21(3)17-22(4)19-27/h9-20,30-31H,7-8H2,1-6H3,(H,34,38)/t30-,31-/m1/s1. The first kappa shape index (κ1) is 26.0. The van der Waals surface area contributed by atoms with Gasteiger partial charge in [-0.3, -0.25) is 4.98 Å². The Balaban J connectivity index is 1.63. The molecular weight excluding hydrogens is 486 g/mol. The molecule has 0 saturated carbocycles. The summed E-state index contributed by atoms with van der Waals surface area (Å²) in [6.45, 7) is 15.1. The maximum atomic E-state index is 5.98. The average molecular weight is 524 g/mol. The molecule has 0 aliphatic carbocycles. The highest BCUT2D eigenvalue weighted by atomic mass is 32.1. The van der Waals surface area contributed by atoms with Gasteiger partial charge in [-0.25, -0.2) is 0 Å². The first-order valence-electron chi connectivity index (χ1n) is 13.5. The number of nitrogens with one attached hydrogen (secondary N) is 1. The first-order chi connectivity index (χ1) is 18.3. The fourth-order valence-corrected chi connectivity index (χ4v) is 6.27. The number of pyridine rings is 1. The van der Waals surface area contributed by atoms with Crippen LogP contribution in [0.3, 0.4) is 0 Å². The maximum Gasteiger partial charge on any atom is 0.174 e. The molecule has 38 heavy (non-hydrogen) atoms. The van der Waals surface area contributed by atoms with Crippen molar-refractivity contribution in [1.82, 2.24) is 14.9 Å². The third-order valence-electron chi connectivity index (χ3n) is 7.61. The molecule has 6 heteroatoms. The molecule has 0 radical (unpaired) electrons. The third kappa shape index (κ3) is 4.69. The van der Waals surface area contributed by atoms with E-state index >= 15 is 0 Å². The second kappa shape index (κ2) is 10.6. The van der Waals surface area contributed by atoms with Crippen LogP contribution < -0.4 is 15.1 Å². The van der Waals surface area contributed by atoms with E-state index in [1.165, 1.54) is 39.5 Å². The molecule has 2 aromatic heterocycles. The molecule has 1 aliphatic heterocycles. The van der Waals surface area contributed by atoms with Crippen LogP contribution in [0.5, 0.6) is 0 Å². The molecule has 1 aliphatic rings. The molecule has 4 aromatic rings. The lowest BCUT2D eigenvalue weighted by molar-refractivity contribution is 0.565. The van der Waals surface area contributed by atoms with Gasteiger partial charge in [0.05, 0.1) is 17.8 Å². The van der Waals surface area contributed by atoms with Gasteiger partial charge in [-0.1, -0.05) is 12.1 Å². The SMILES string of the molecule is CCN(CC)c1ccc(-n2c(C)cc([C@@H]3[C@@H](c4ccccn4)NC(=S)N3c3cc(C)cc(C)c3)c2C)cc1. The normalized spacial score (nSPS) is 17.1. The number of anilines is 2. The van der Waals surface area contributed by atoms with E-state index in [-0.39, 0.29) is 12.1 Å². The number of aryl methyl sites for hydroxylation is 3. The summed E-state index contributed by atoms with van der Waals surface area (Å²) in [5, 5.41) is 4.34. The molecular formula is C32H37N5S. The van der Waals surface area contributed by atoms with Crippen molar-refractivity contribution in [2.75, 3.05) is 22.9 Å². The smallest absolute Gasteiger partial charge is 0.174 e. The van der Waals surface area contributed by atoms with Crippen LogP contribution in [0.2, 0.25) is 0 Å². The highest BCUT2D eigenvalue weighted by Gasteiger charge is 2.42. The van der Waals surface area contributed by atoms with Crippen LogP contribution in [-0.4, -0.2) is 27.8 Å². The van der Waals surface area contributed by atoms with Crippen molar-refractivity contribution in [1.29, 1.82) is 0 Å². The zero-order valence-electron chi connectivity index (χ0n) is 23.2. The molecule has 1 saturated heterocycles. The fourth-order valence-electron chi connectivity index (χ4n) is 5.92. The quantitative estimate of drug-likeness (QED) is 0.261. The van der Waals surface area contributed by atoms with Gasteiger partial charge < -0.3 is 19.7 Å². The highest BCUT2D eigenvalue weighted by Crippen LogP contribution is 2.44. The summed E-state index contributed by atoms with van der Waals surface area (Å²) in [7, 11) is 0. The number of hydrogen-bond acceptors (Lipinski definition) is 3. The van der Waals surface area contributed by atoms with Gasteiger partial charge in [0.2, 0.25) is 0 Å². The molecule has 0 amide bonds. The summed E-state index contributed by atoms with van der Waals surface area (Å²) in [6, 6.07) is 23.9. The van der Waals surface area contributed by atoms with E-state index in [1.807, 2.05) is 18.3 Å². The minimum Gasteiger partial charge on any atom is -0.372 e. The monoisotopic (exact) mass is 523 g/mol. The summed E-state index contributed by atoms with van der Waals surface area (Å²) in [5.41, 5.74) is 10.6. The molecule has 2 atom stereocenters. The predicted octanol–water partition coefficient (Wildman–Crippen LogP) is 7.13. The Hall–Kier alpha value is -3.64. The van der Waals surface area contributed by atoms with Crippen LogP contribution >= 0.6 is 12.2 Å². The number of hydrogen-bond donors (Lipinski definition) is 1. The van der Waals surface area contributed by atoms with E-state index in [9.17, 15) is 0 Å². The fraction of sp³-hybridized carbons (Fsp3) is 0.312. The van der Waals surface area contributed by atoms with Crippen molar-refractivity contribution in [3.8, 4) is 5.69 Å². The second-order valence-corrected chi connectivity index (χ2v) is 10.6. The Kier molecular flexibility index (Phi) is 7.26. The van der Waals surface area contributed by atoms with Crippen LogP contribution in [0.1, 0.15) is 59.7 Å². The highest BCUT2D eigenvalue weighted by molar-refractivity contribution is 7.80. The van der Waals surface area contributed by atoms with E-state index in [2.05, 4.69) is 116 Å². The van der Waals surface area contributed by atoms with Gasteiger partial charge in [0.25, 0.3) is 0 Å². The van der Waals surface area contributed by atoms with Crippen molar-refractivity contribution < 1.29 is 0 Å². The summed E-state index contributed by atoms with van der Waals surface area (Å²) in [5.74, 6) is 0. The van der Waals surface area contributed by atoms with Crippen LogP contribution in [0.4, 0.5) is 11.4 Å².